The zero-order valence-corrected chi connectivity index (χ0v) is 12.6. The number of nitrogens with one attached hydrogen (secondary N) is 1. The topological polar surface area (TPSA) is 68.3 Å². The van der Waals surface area contributed by atoms with Crippen molar-refractivity contribution in [3.63, 3.8) is 0 Å². The third kappa shape index (κ3) is 3.08. The van der Waals surface area contributed by atoms with Crippen molar-refractivity contribution in [3.8, 4) is 0 Å². The number of hydrogen-bond acceptors (Lipinski definition) is 4. The van der Waals surface area contributed by atoms with E-state index >= 15 is 0 Å². The van der Waals surface area contributed by atoms with Crippen molar-refractivity contribution in [1.82, 2.24) is 10.3 Å². The smallest absolute Gasteiger partial charge is 0.339 e. The van der Waals surface area contributed by atoms with Gasteiger partial charge in [-0.2, -0.15) is 0 Å². The van der Waals surface area contributed by atoms with Crippen LogP contribution in [0.5, 0.6) is 0 Å². The Hall–Kier alpha value is -2.43. The van der Waals surface area contributed by atoms with E-state index in [1.807, 2.05) is 31.2 Å². The first-order valence-corrected chi connectivity index (χ1v) is 7.42. The maximum Gasteiger partial charge on any atom is 0.339 e. The van der Waals surface area contributed by atoms with Gasteiger partial charge in [0.2, 0.25) is 0 Å². The quantitative estimate of drug-likeness (QED) is 0.880. The molecule has 1 aromatic carbocycles. The molecule has 1 aliphatic rings. The fourth-order valence-corrected chi connectivity index (χ4v) is 2.30. The minimum absolute atomic E-state index is 0.245. The number of esters is 1. The highest BCUT2D eigenvalue weighted by molar-refractivity contribution is 6.04. The number of aryl methyl sites for hydroxylation is 1. The Morgan fingerprint density at radius 2 is 2.05 bits per heavy atom. The van der Waals surface area contributed by atoms with Crippen molar-refractivity contribution in [2.45, 2.75) is 38.8 Å². The van der Waals surface area contributed by atoms with Crippen molar-refractivity contribution in [2.75, 3.05) is 0 Å². The fourth-order valence-electron chi connectivity index (χ4n) is 2.30. The molecule has 5 nitrogen and oxygen atoms in total. The Morgan fingerprint density at radius 3 is 2.77 bits per heavy atom. The first-order chi connectivity index (χ1) is 10.5. The van der Waals surface area contributed by atoms with Gasteiger partial charge >= 0.3 is 5.97 Å². The molecule has 1 N–H and O–H groups in total. The molecule has 0 radical (unpaired) electrons. The fraction of sp³-hybridized carbons (Fsp3) is 0.353. The van der Waals surface area contributed by atoms with E-state index in [1.54, 1.807) is 13.0 Å². The monoisotopic (exact) mass is 298 g/mol. The zero-order valence-electron chi connectivity index (χ0n) is 12.6. The standard InChI is InChI=1S/C17H18N2O3/c1-10-9-14(13-5-3-4-6-15(13)18-10)17(21)22-11(2)16(20)19-12-7-8-12/h3-6,9,11-12H,7-8H2,1-2H3,(H,19,20)/t11-/m1/s1. The van der Waals surface area contributed by atoms with Gasteiger partial charge in [0, 0.05) is 17.1 Å². The Labute approximate surface area is 128 Å². The highest BCUT2D eigenvalue weighted by Crippen LogP contribution is 2.21. The van der Waals surface area contributed by atoms with Crippen molar-refractivity contribution in [2.24, 2.45) is 0 Å². The van der Waals surface area contributed by atoms with Crippen LogP contribution in [0.4, 0.5) is 0 Å². The van der Waals surface area contributed by atoms with E-state index in [9.17, 15) is 9.59 Å². The van der Waals surface area contributed by atoms with E-state index in [4.69, 9.17) is 4.74 Å². The van der Waals surface area contributed by atoms with Crippen LogP contribution in [0.1, 0.15) is 35.8 Å². The molecule has 1 amide bonds. The number of nitrogens with zero attached hydrogens (tertiary/aromatic N) is 1. The summed E-state index contributed by atoms with van der Waals surface area (Å²) in [5.74, 6) is -0.744. The molecule has 114 valence electrons. The molecule has 5 heteroatoms. The number of carbonyl (C=O) groups excluding carboxylic acids is 2. The number of ether oxygens (including phenoxy) is 1. The van der Waals surface area contributed by atoms with Gasteiger partial charge in [0.1, 0.15) is 0 Å². The molecule has 3 rings (SSSR count). The number of para-hydroxylation sites is 1. The normalized spacial score (nSPS) is 15.4. The van der Waals surface area contributed by atoms with Gasteiger partial charge in [-0.15, -0.1) is 0 Å². The molecule has 1 aliphatic carbocycles. The summed E-state index contributed by atoms with van der Waals surface area (Å²) in [4.78, 5) is 28.7. The number of rotatable bonds is 4. The van der Waals surface area contributed by atoms with Crippen LogP contribution in [0.2, 0.25) is 0 Å². The molecule has 0 saturated heterocycles. The van der Waals surface area contributed by atoms with E-state index in [-0.39, 0.29) is 11.9 Å². The Kier molecular flexibility index (Phi) is 3.79. The molecule has 0 bridgehead atoms. The summed E-state index contributed by atoms with van der Waals surface area (Å²) in [6, 6.07) is 9.33. The van der Waals surface area contributed by atoms with Crippen LogP contribution in [-0.4, -0.2) is 29.0 Å². The molecule has 2 aromatic rings. The van der Waals surface area contributed by atoms with E-state index in [0.717, 1.165) is 29.4 Å². The lowest BCUT2D eigenvalue weighted by Gasteiger charge is -2.14. The van der Waals surface area contributed by atoms with Crippen molar-refractivity contribution in [1.29, 1.82) is 0 Å². The van der Waals surface area contributed by atoms with Crippen LogP contribution < -0.4 is 5.32 Å². The Bertz CT molecular complexity index is 738. The average Bonchev–Trinajstić information content (AvgIpc) is 3.30. The largest absolute Gasteiger partial charge is 0.449 e. The second-order valence-electron chi connectivity index (χ2n) is 5.66. The summed E-state index contributed by atoms with van der Waals surface area (Å²) < 4.78 is 5.31. The van der Waals surface area contributed by atoms with Crippen LogP contribution in [0.3, 0.4) is 0 Å². The molecular formula is C17H18N2O3. The predicted molar refractivity (Wildman–Crippen MR) is 82.5 cm³/mol. The van der Waals surface area contributed by atoms with Gasteiger partial charge in [0.15, 0.2) is 6.10 Å². The van der Waals surface area contributed by atoms with E-state index < -0.39 is 12.1 Å². The number of hydrogen-bond donors (Lipinski definition) is 1. The van der Waals surface area contributed by atoms with Crippen molar-refractivity contribution >= 4 is 22.8 Å². The molecule has 1 atom stereocenters. The summed E-state index contributed by atoms with van der Waals surface area (Å²) in [5, 5.41) is 3.56. The third-order valence-electron chi connectivity index (χ3n) is 3.64. The molecule has 1 saturated carbocycles. The zero-order chi connectivity index (χ0) is 15.7. The maximum atomic E-state index is 12.4. The van der Waals surface area contributed by atoms with E-state index in [1.165, 1.54) is 0 Å². The van der Waals surface area contributed by atoms with Gasteiger partial charge in [-0.05, 0) is 38.8 Å². The molecular weight excluding hydrogens is 280 g/mol. The maximum absolute atomic E-state index is 12.4. The van der Waals surface area contributed by atoms with Crippen molar-refractivity contribution < 1.29 is 14.3 Å². The number of benzene rings is 1. The summed E-state index contributed by atoms with van der Waals surface area (Å²) in [6.45, 7) is 3.41. The molecule has 1 fully saturated rings. The molecule has 1 heterocycles. The first-order valence-electron chi connectivity index (χ1n) is 7.42. The molecule has 22 heavy (non-hydrogen) atoms. The number of pyridine rings is 1. The van der Waals surface area contributed by atoms with Crippen LogP contribution in [0.15, 0.2) is 30.3 Å². The SMILES string of the molecule is Cc1cc(C(=O)O[C@H](C)C(=O)NC2CC2)c2ccccc2n1. The summed E-state index contributed by atoms with van der Waals surface area (Å²) in [5.41, 5.74) is 1.92. The number of carbonyl (C=O) groups is 2. The lowest BCUT2D eigenvalue weighted by Crippen LogP contribution is -2.37. The minimum atomic E-state index is -0.805. The second kappa shape index (κ2) is 5.75. The molecule has 0 spiro atoms. The van der Waals surface area contributed by atoms with Crippen LogP contribution >= 0.6 is 0 Å². The van der Waals surface area contributed by atoms with E-state index in [0.29, 0.717) is 5.56 Å². The van der Waals surface area contributed by atoms with Crippen LogP contribution in [0, 0.1) is 6.92 Å². The number of aromatic nitrogens is 1. The number of fused-ring (bicyclic) bond motifs is 1. The van der Waals surface area contributed by atoms with Gasteiger partial charge in [0.25, 0.3) is 5.91 Å². The molecule has 0 unspecified atom stereocenters. The van der Waals surface area contributed by atoms with Crippen LogP contribution in [-0.2, 0) is 9.53 Å². The van der Waals surface area contributed by atoms with E-state index in [2.05, 4.69) is 10.3 Å². The highest BCUT2D eigenvalue weighted by atomic mass is 16.5. The predicted octanol–water partition coefficient (Wildman–Crippen LogP) is 2.37. The van der Waals surface area contributed by atoms with Gasteiger partial charge < -0.3 is 10.1 Å². The van der Waals surface area contributed by atoms with Crippen LogP contribution in [0.25, 0.3) is 10.9 Å². The van der Waals surface area contributed by atoms with Gasteiger partial charge in [0.05, 0.1) is 11.1 Å². The summed E-state index contributed by atoms with van der Waals surface area (Å²) in [7, 11) is 0. The van der Waals surface area contributed by atoms with Gasteiger partial charge in [-0.1, -0.05) is 18.2 Å². The lowest BCUT2D eigenvalue weighted by atomic mass is 10.1. The number of amides is 1. The van der Waals surface area contributed by atoms with Gasteiger partial charge in [-0.3, -0.25) is 9.78 Å². The second-order valence-corrected chi connectivity index (χ2v) is 5.66. The molecule has 1 aromatic heterocycles. The third-order valence-corrected chi connectivity index (χ3v) is 3.64. The summed E-state index contributed by atoms with van der Waals surface area (Å²) >= 11 is 0. The summed E-state index contributed by atoms with van der Waals surface area (Å²) in [6.07, 6.45) is 1.20. The van der Waals surface area contributed by atoms with Gasteiger partial charge in [-0.25, -0.2) is 4.79 Å². The highest BCUT2D eigenvalue weighted by Gasteiger charge is 2.27. The lowest BCUT2D eigenvalue weighted by molar-refractivity contribution is -0.129. The minimum Gasteiger partial charge on any atom is -0.449 e. The first kappa shape index (κ1) is 14.5. The Morgan fingerprint density at radius 1 is 1.32 bits per heavy atom. The van der Waals surface area contributed by atoms with Crippen molar-refractivity contribution in [3.05, 3.63) is 41.6 Å². The Balaban J connectivity index is 1.80. The average molecular weight is 298 g/mol. The molecule has 0 aliphatic heterocycles.